The Balaban J connectivity index is 2.77. The molecule has 1 aromatic rings. The van der Waals surface area contributed by atoms with Gasteiger partial charge in [-0.2, -0.15) is 5.26 Å². The van der Waals surface area contributed by atoms with Crippen molar-refractivity contribution in [2.75, 3.05) is 11.9 Å². The van der Waals surface area contributed by atoms with Gasteiger partial charge in [0.15, 0.2) is 0 Å². The number of anilines is 1. The van der Waals surface area contributed by atoms with Crippen molar-refractivity contribution in [2.45, 2.75) is 6.92 Å². The van der Waals surface area contributed by atoms with Gasteiger partial charge in [-0.05, 0) is 30.7 Å². The minimum Gasteiger partial charge on any atom is -0.480 e. The van der Waals surface area contributed by atoms with Crippen molar-refractivity contribution in [3.8, 4) is 6.07 Å². The van der Waals surface area contributed by atoms with Crippen LogP contribution in [-0.2, 0) is 9.59 Å². The molecule has 0 fully saturated rings. The van der Waals surface area contributed by atoms with Crippen molar-refractivity contribution in [1.29, 1.82) is 5.26 Å². The number of nitrogens with one attached hydrogen (secondary N) is 2. The monoisotopic (exact) mass is 337 g/mol. The summed E-state index contributed by atoms with van der Waals surface area (Å²) in [7, 11) is 0. The minimum absolute atomic E-state index is 0.200. The Kier molecular flexibility index (Phi) is 5.74. The van der Waals surface area contributed by atoms with Gasteiger partial charge in [0.25, 0.3) is 5.91 Å². The van der Waals surface area contributed by atoms with Gasteiger partial charge in [0.05, 0.1) is 0 Å². The number of benzene rings is 1. The van der Waals surface area contributed by atoms with Crippen LogP contribution in [0.15, 0.2) is 34.4 Å². The molecule has 0 saturated carbocycles. The van der Waals surface area contributed by atoms with E-state index in [2.05, 4.69) is 26.6 Å². The molecule has 0 unspecified atom stereocenters. The number of halogens is 1. The van der Waals surface area contributed by atoms with Gasteiger partial charge >= 0.3 is 5.97 Å². The van der Waals surface area contributed by atoms with E-state index in [0.29, 0.717) is 0 Å². The molecule has 0 aliphatic rings. The molecule has 1 aromatic carbocycles. The van der Waals surface area contributed by atoms with E-state index in [9.17, 15) is 9.59 Å². The van der Waals surface area contributed by atoms with E-state index in [4.69, 9.17) is 10.4 Å². The maximum absolute atomic E-state index is 11.5. The number of carbonyl (C=O) groups excluding carboxylic acids is 1. The first-order chi connectivity index (χ1) is 9.43. The first kappa shape index (κ1) is 15.7. The molecule has 0 atom stereocenters. The highest BCUT2D eigenvalue weighted by atomic mass is 79.9. The molecule has 1 amide bonds. The van der Waals surface area contributed by atoms with Gasteiger partial charge in [-0.25, -0.2) is 0 Å². The zero-order chi connectivity index (χ0) is 15.1. The first-order valence-electron chi connectivity index (χ1n) is 5.57. The Morgan fingerprint density at radius 3 is 2.75 bits per heavy atom. The van der Waals surface area contributed by atoms with Gasteiger partial charge < -0.3 is 15.7 Å². The Labute approximate surface area is 124 Å². The quantitative estimate of drug-likeness (QED) is 0.561. The van der Waals surface area contributed by atoms with E-state index < -0.39 is 18.4 Å². The number of hydrogen-bond donors (Lipinski definition) is 3. The first-order valence-corrected chi connectivity index (χ1v) is 6.36. The fraction of sp³-hybridized carbons (Fsp3) is 0.154. The summed E-state index contributed by atoms with van der Waals surface area (Å²) in [6.07, 6.45) is 1.24. The number of rotatable bonds is 5. The van der Waals surface area contributed by atoms with Crippen molar-refractivity contribution in [1.82, 2.24) is 5.32 Å². The fourth-order valence-electron chi connectivity index (χ4n) is 1.34. The van der Waals surface area contributed by atoms with Crippen LogP contribution >= 0.6 is 15.9 Å². The molecule has 0 spiro atoms. The zero-order valence-corrected chi connectivity index (χ0v) is 12.2. The average molecular weight is 338 g/mol. The molecule has 6 nitrogen and oxygen atoms in total. The molecular formula is C13H12BrN3O3. The number of carboxylic acids is 1. The average Bonchev–Trinajstić information content (AvgIpc) is 2.39. The van der Waals surface area contributed by atoms with Crippen LogP contribution in [0.4, 0.5) is 5.69 Å². The van der Waals surface area contributed by atoms with Crippen molar-refractivity contribution in [3.05, 3.63) is 40.0 Å². The van der Waals surface area contributed by atoms with Crippen molar-refractivity contribution >= 4 is 33.5 Å². The number of carboxylic acid groups (broad SMARTS) is 1. The molecular weight excluding hydrogens is 326 g/mol. The van der Waals surface area contributed by atoms with Crippen LogP contribution in [0.3, 0.4) is 0 Å². The normalized spacial score (nSPS) is 10.6. The SMILES string of the molecule is Cc1cc(Br)ccc1N/C=C(/C#N)C(=O)NCC(=O)O. The van der Waals surface area contributed by atoms with Crippen LogP contribution in [0.2, 0.25) is 0 Å². The maximum Gasteiger partial charge on any atom is 0.322 e. The Morgan fingerprint density at radius 1 is 1.50 bits per heavy atom. The molecule has 104 valence electrons. The molecule has 0 aliphatic heterocycles. The highest BCUT2D eigenvalue weighted by Gasteiger charge is 2.10. The summed E-state index contributed by atoms with van der Waals surface area (Å²) in [4.78, 5) is 21.9. The van der Waals surface area contributed by atoms with Crippen LogP contribution in [0.1, 0.15) is 5.56 Å². The van der Waals surface area contributed by atoms with E-state index in [-0.39, 0.29) is 5.57 Å². The summed E-state index contributed by atoms with van der Waals surface area (Å²) in [5.41, 5.74) is 1.47. The molecule has 0 bridgehead atoms. The summed E-state index contributed by atoms with van der Waals surface area (Å²) in [5, 5.41) is 22.3. The molecule has 7 heteroatoms. The third-order valence-electron chi connectivity index (χ3n) is 2.33. The number of carbonyl (C=O) groups is 2. The lowest BCUT2D eigenvalue weighted by Crippen LogP contribution is -2.30. The second-order valence-corrected chi connectivity index (χ2v) is 4.77. The van der Waals surface area contributed by atoms with Gasteiger partial charge in [0, 0.05) is 16.4 Å². The Bertz CT molecular complexity index is 605. The van der Waals surface area contributed by atoms with Crippen LogP contribution < -0.4 is 10.6 Å². The highest BCUT2D eigenvalue weighted by molar-refractivity contribution is 9.10. The number of aliphatic carboxylic acids is 1. The third-order valence-corrected chi connectivity index (χ3v) is 2.82. The van der Waals surface area contributed by atoms with Crippen molar-refractivity contribution < 1.29 is 14.7 Å². The standard InChI is InChI=1S/C13H12BrN3O3/c1-8-4-10(14)2-3-11(8)16-6-9(5-15)13(20)17-7-12(18)19/h2-4,6,16H,7H2,1H3,(H,17,20)(H,18,19)/b9-6-. The van der Waals surface area contributed by atoms with E-state index in [0.717, 1.165) is 15.7 Å². The van der Waals surface area contributed by atoms with Crippen molar-refractivity contribution in [3.63, 3.8) is 0 Å². The molecule has 1 rings (SSSR count). The number of hydrogen-bond acceptors (Lipinski definition) is 4. The van der Waals surface area contributed by atoms with Gasteiger partial charge in [0.2, 0.25) is 0 Å². The number of amides is 1. The predicted molar refractivity (Wildman–Crippen MR) is 76.8 cm³/mol. The molecule has 3 N–H and O–H groups in total. The lowest BCUT2D eigenvalue weighted by Gasteiger charge is -2.06. The zero-order valence-electron chi connectivity index (χ0n) is 10.6. The van der Waals surface area contributed by atoms with Crippen LogP contribution in [0.25, 0.3) is 0 Å². The largest absolute Gasteiger partial charge is 0.480 e. The predicted octanol–water partition coefficient (Wildman–Crippen LogP) is 1.78. The third kappa shape index (κ3) is 4.74. The Hall–Kier alpha value is -2.33. The summed E-state index contributed by atoms with van der Waals surface area (Å²) in [6.45, 7) is 1.34. The molecule has 20 heavy (non-hydrogen) atoms. The second kappa shape index (κ2) is 7.31. The van der Waals surface area contributed by atoms with Crippen LogP contribution in [0.5, 0.6) is 0 Å². The van der Waals surface area contributed by atoms with Gasteiger partial charge in [-0.1, -0.05) is 15.9 Å². The summed E-state index contributed by atoms with van der Waals surface area (Å²) < 4.78 is 0.921. The summed E-state index contributed by atoms with van der Waals surface area (Å²) in [6, 6.07) is 7.20. The number of aryl methyl sites for hydroxylation is 1. The summed E-state index contributed by atoms with van der Waals surface area (Å²) in [5.74, 6) is -1.91. The smallest absolute Gasteiger partial charge is 0.322 e. The molecule has 0 saturated heterocycles. The minimum atomic E-state index is -1.17. The maximum atomic E-state index is 11.5. The lowest BCUT2D eigenvalue weighted by atomic mass is 10.2. The fourth-order valence-corrected chi connectivity index (χ4v) is 1.81. The molecule has 0 aromatic heterocycles. The van der Waals surface area contributed by atoms with E-state index in [1.807, 2.05) is 19.1 Å². The van der Waals surface area contributed by atoms with E-state index in [1.54, 1.807) is 12.1 Å². The topological polar surface area (TPSA) is 102 Å². The summed E-state index contributed by atoms with van der Waals surface area (Å²) >= 11 is 3.33. The highest BCUT2D eigenvalue weighted by Crippen LogP contribution is 2.20. The van der Waals surface area contributed by atoms with Crippen LogP contribution in [0, 0.1) is 18.3 Å². The van der Waals surface area contributed by atoms with Gasteiger partial charge in [0.1, 0.15) is 18.2 Å². The number of nitriles is 1. The second-order valence-electron chi connectivity index (χ2n) is 3.85. The van der Waals surface area contributed by atoms with E-state index >= 15 is 0 Å². The van der Waals surface area contributed by atoms with Gasteiger partial charge in [-0.3, -0.25) is 9.59 Å². The molecule has 0 radical (unpaired) electrons. The van der Waals surface area contributed by atoms with E-state index in [1.165, 1.54) is 6.20 Å². The van der Waals surface area contributed by atoms with Crippen LogP contribution in [-0.4, -0.2) is 23.5 Å². The molecule has 0 heterocycles. The van der Waals surface area contributed by atoms with Gasteiger partial charge in [-0.15, -0.1) is 0 Å². The Morgan fingerprint density at radius 2 is 2.20 bits per heavy atom. The van der Waals surface area contributed by atoms with Crippen molar-refractivity contribution in [2.24, 2.45) is 0 Å². The number of nitrogens with zero attached hydrogens (tertiary/aromatic N) is 1. The molecule has 0 aliphatic carbocycles. The lowest BCUT2D eigenvalue weighted by molar-refractivity contribution is -0.137.